The zero-order valence-corrected chi connectivity index (χ0v) is 17.2. The standard InChI is InChI=1S/C16H28NO5PSi/c1-7-20-23(19,21-8-2)16(15-12-10-9-11-13-15)14(3)17(18)22-24(4,5)6/h9-13,16H,7-8H2,1-6H3/b17-14-. The molecule has 0 aliphatic carbocycles. The van der Waals surface area contributed by atoms with Crippen LogP contribution in [0, 0.1) is 5.21 Å². The molecule has 0 heterocycles. The number of nitrogens with zero attached hydrogens (tertiary/aromatic N) is 1. The molecule has 0 N–H and O–H groups in total. The van der Waals surface area contributed by atoms with Gasteiger partial charge in [-0.15, -0.1) is 0 Å². The SMILES string of the molecule is CCOP(=O)(OCC)C(/C(C)=[N+](/[O-])O[Si](C)(C)C)c1ccccc1. The zero-order valence-electron chi connectivity index (χ0n) is 15.3. The molecular formula is C16H28NO5PSi. The summed E-state index contributed by atoms with van der Waals surface area (Å²) in [4.78, 5) is 0.481. The van der Waals surface area contributed by atoms with E-state index in [0.29, 0.717) is 10.5 Å². The Morgan fingerprint density at radius 1 is 1.17 bits per heavy atom. The lowest BCUT2D eigenvalue weighted by Gasteiger charge is -2.27. The summed E-state index contributed by atoms with van der Waals surface area (Å²) in [5.41, 5.74) is 0.140. The van der Waals surface area contributed by atoms with Crippen LogP contribution in [0.3, 0.4) is 0 Å². The number of hydrogen-bond acceptors (Lipinski definition) is 5. The second-order valence-corrected chi connectivity index (χ2v) is 12.8. The predicted octanol–water partition coefficient (Wildman–Crippen LogP) is 4.73. The molecular weight excluding hydrogens is 345 g/mol. The average molecular weight is 373 g/mol. The molecule has 1 atom stereocenters. The largest absolute Gasteiger partial charge is 0.443 e. The Labute approximate surface area is 145 Å². The van der Waals surface area contributed by atoms with Crippen LogP contribution in [0.5, 0.6) is 0 Å². The van der Waals surface area contributed by atoms with Crippen LogP contribution in [-0.2, 0) is 18.1 Å². The molecule has 1 aromatic carbocycles. The minimum atomic E-state index is -3.57. The Balaban J connectivity index is 3.44. The molecule has 0 radical (unpaired) electrons. The van der Waals surface area contributed by atoms with Crippen LogP contribution >= 0.6 is 7.60 Å². The van der Waals surface area contributed by atoms with Gasteiger partial charge in [-0.05, 0) is 19.4 Å². The Morgan fingerprint density at radius 3 is 2.08 bits per heavy atom. The molecule has 0 saturated heterocycles. The molecule has 1 unspecified atom stereocenters. The molecule has 8 heteroatoms. The highest BCUT2D eigenvalue weighted by Gasteiger charge is 2.43. The quantitative estimate of drug-likeness (QED) is 0.206. The van der Waals surface area contributed by atoms with Crippen molar-refractivity contribution in [2.45, 2.75) is 46.1 Å². The summed E-state index contributed by atoms with van der Waals surface area (Å²) in [6, 6.07) is 9.12. The van der Waals surface area contributed by atoms with Gasteiger partial charge in [0.25, 0.3) is 0 Å². The van der Waals surface area contributed by atoms with E-state index in [1.165, 1.54) is 0 Å². The molecule has 136 valence electrons. The lowest BCUT2D eigenvalue weighted by atomic mass is 10.1. The molecule has 1 rings (SSSR count). The van der Waals surface area contributed by atoms with Gasteiger partial charge in [0.2, 0.25) is 5.71 Å². The summed E-state index contributed by atoms with van der Waals surface area (Å²) >= 11 is 0. The highest BCUT2D eigenvalue weighted by Crippen LogP contribution is 2.61. The molecule has 24 heavy (non-hydrogen) atoms. The molecule has 0 amide bonds. The highest BCUT2D eigenvalue weighted by atomic mass is 31.2. The maximum Gasteiger partial charge on any atom is 0.348 e. The lowest BCUT2D eigenvalue weighted by molar-refractivity contribution is -0.705. The minimum absolute atomic E-state index is 0.224. The van der Waals surface area contributed by atoms with Crippen LogP contribution in [0.4, 0.5) is 0 Å². The summed E-state index contributed by atoms with van der Waals surface area (Å²) in [6.45, 7) is 11.3. The summed E-state index contributed by atoms with van der Waals surface area (Å²) in [5, 5.41) is 12.5. The van der Waals surface area contributed by atoms with E-state index in [2.05, 4.69) is 0 Å². The van der Waals surface area contributed by atoms with Crippen molar-refractivity contribution >= 4 is 21.6 Å². The fourth-order valence-corrected chi connectivity index (χ4v) is 5.08. The summed E-state index contributed by atoms with van der Waals surface area (Å²) in [5.74, 6) is 0. The van der Waals surface area contributed by atoms with Gasteiger partial charge in [0.05, 0.1) is 13.2 Å². The molecule has 1 aromatic rings. The van der Waals surface area contributed by atoms with Crippen LogP contribution in [0.15, 0.2) is 30.3 Å². The molecule has 6 nitrogen and oxygen atoms in total. The third-order valence-corrected chi connectivity index (χ3v) is 6.34. The number of hydrogen-bond donors (Lipinski definition) is 0. The summed E-state index contributed by atoms with van der Waals surface area (Å²) in [6.07, 6.45) is 0. The van der Waals surface area contributed by atoms with Crippen molar-refractivity contribution in [2.75, 3.05) is 13.2 Å². The van der Waals surface area contributed by atoms with E-state index in [4.69, 9.17) is 13.6 Å². The highest BCUT2D eigenvalue weighted by molar-refractivity contribution is 7.55. The van der Waals surface area contributed by atoms with Crippen LogP contribution in [0.2, 0.25) is 19.6 Å². The normalized spacial score (nSPS) is 14.9. The fourth-order valence-electron chi connectivity index (χ4n) is 2.25. The maximum absolute atomic E-state index is 13.4. The maximum atomic E-state index is 13.4. The van der Waals surface area contributed by atoms with Crippen LogP contribution < -0.4 is 0 Å². The van der Waals surface area contributed by atoms with E-state index in [0.717, 1.165) is 0 Å². The molecule has 0 aromatic heterocycles. The third-order valence-electron chi connectivity index (χ3n) is 3.09. The Morgan fingerprint density at radius 2 is 1.67 bits per heavy atom. The first-order valence-electron chi connectivity index (χ1n) is 8.08. The van der Waals surface area contributed by atoms with Crippen LogP contribution in [-0.4, -0.2) is 32.1 Å². The predicted molar refractivity (Wildman–Crippen MR) is 98.8 cm³/mol. The summed E-state index contributed by atoms with van der Waals surface area (Å²) in [7, 11) is -5.67. The summed E-state index contributed by atoms with van der Waals surface area (Å²) < 4.78 is 29.8. The third kappa shape index (κ3) is 5.74. The van der Waals surface area contributed by atoms with Crippen molar-refractivity contribution in [1.82, 2.24) is 0 Å². The Hall–Kier alpha value is -1.14. The topological polar surface area (TPSA) is 70.8 Å². The van der Waals surface area contributed by atoms with Crippen molar-refractivity contribution in [2.24, 2.45) is 0 Å². The average Bonchev–Trinajstić information content (AvgIpc) is 2.47. The molecule has 0 fully saturated rings. The van der Waals surface area contributed by atoms with E-state index < -0.39 is 21.6 Å². The fraction of sp³-hybridized carbons (Fsp3) is 0.562. The van der Waals surface area contributed by atoms with Gasteiger partial charge >= 0.3 is 7.60 Å². The van der Waals surface area contributed by atoms with E-state index in [9.17, 15) is 9.77 Å². The van der Waals surface area contributed by atoms with Gasteiger partial charge < -0.3 is 13.6 Å². The molecule has 0 saturated carbocycles. The molecule has 0 spiro atoms. The number of rotatable bonds is 9. The van der Waals surface area contributed by atoms with Gasteiger partial charge in [0, 0.05) is 11.8 Å². The molecule has 0 aliphatic rings. The first kappa shape index (κ1) is 20.9. The van der Waals surface area contributed by atoms with E-state index in [1.54, 1.807) is 32.9 Å². The number of benzene rings is 1. The van der Waals surface area contributed by atoms with Crippen molar-refractivity contribution in [3.05, 3.63) is 41.1 Å². The molecule has 0 bridgehead atoms. The second kappa shape index (κ2) is 8.81. The van der Waals surface area contributed by atoms with Crippen LogP contribution in [0.1, 0.15) is 32.0 Å². The first-order valence-corrected chi connectivity index (χ1v) is 13.1. The van der Waals surface area contributed by atoms with Gasteiger partial charge in [-0.2, -0.15) is 0 Å². The van der Waals surface area contributed by atoms with Gasteiger partial charge in [-0.3, -0.25) is 9.77 Å². The van der Waals surface area contributed by atoms with Crippen molar-refractivity contribution in [3.63, 3.8) is 0 Å². The van der Waals surface area contributed by atoms with Gasteiger partial charge in [-0.1, -0.05) is 50.0 Å². The monoisotopic (exact) mass is 373 g/mol. The Bertz CT molecular complexity index is 590. The van der Waals surface area contributed by atoms with E-state index in [-0.39, 0.29) is 18.9 Å². The lowest BCUT2D eigenvalue weighted by Crippen LogP contribution is -2.33. The Kier molecular flexibility index (Phi) is 7.67. The molecule has 0 aliphatic heterocycles. The van der Waals surface area contributed by atoms with E-state index >= 15 is 0 Å². The smallest absolute Gasteiger partial charge is 0.348 e. The second-order valence-electron chi connectivity index (χ2n) is 6.29. The minimum Gasteiger partial charge on any atom is -0.443 e. The van der Waals surface area contributed by atoms with Crippen molar-refractivity contribution in [3.8, 4) is 0 Å². The van der Waals surface area contributed by atoms with E-state index in [1.807, 2.05) is 37.8 Å². The van der Waals surface area contributed by atoms with Gasteiger partial charge in [0.1, 0.15) is 0 Å². The van der Waals surface area contributed by atoms with Gasteiger partial charge in [-0.25, -0.2) is 0 Å². The van der Waals surface area contributed by atoms with Crippen LogP contribution in [0.25, 0.3) is 0 Å². The first-order chi connectivity index (χ1) is 11.1. The zero-order chi connectivity index (χ0) is 18.4. The van der Waals surface area contributed by atoms with Crippen molar-refractivity contribution < 1.29 is 23.0 Å². The van der Waals surface area contributed by atoms with Crippen molar-refractivity contribution in [1.29, 1.82) is 0 Å². The van der Waals surface area contributed by atoms with Gasteiger partial charge in [0.15, 0.2) is 14.0 Å².